The van der Waals surface area contributed by atoms with Gasteiger partial charge < -0.3 is 10.2 Å². The molecule has 66 valence electrons. The van der Waals surface area contributed by atoms with Crippen molar-refractivity contribution < 1.29 is 10.2 Å². The van der Waals surface area contributed by atoms with E-state index >= 15 is 0 Å². The first kappa shape index (κ1) is 10.7. The molecule has 0 aliphatic rings. The Hall–Kier alpha value is -0.340. The second-order valence-corrected chi connectivity index (χ2v) is 2.67. The number of allylic oxidation sites excluding steroid dienone is 1. The Kier molecular flexibility index (Phi) is 7.52. The van der Waals surface area contributed by atoms with Crippen LogP contribution < -0.4 is 0 Å². The zero-order valence-electron chi connectivity index (χ0n) is 7.16. The minimum atomic E-state index is -0.670. The van der Waals surface area contributed by atoms with Crippen molar-refractivity contribution in [3.8, 4) is 0 Å². The SMILES string of the molecule is CCCCC/C=C/C(O)CO. The Morgan fingerprint density at radius 3 is 2.64 bits per heavy atom. The Bertz CT molecular complexity index is 99.7. The number of hydrogen-bond acceptors (Lipinski definition) is 2. The molecule has 0 aliphatic heterocycles. The molecule has 11 heavy (non-hydrogen) atoms. The summed E-state index contributed by atoms with van der Waals surface area (Å²) in [5, 5.41) is 17.3. The fraction of sp³-hybridized carbons (Fsp3) is 0.778. The van der Waals surface area contributed by atoms with E-state index < -0.39 is 6.10 Å². The highest BCUT2D eigenvalue weighted by atomic mass is 16.3. The molecular weight excluding hydrogens is 140 g/mol. The summed E-state index contributed by atoms with van der Waals surface area (Å²) >= 11 is 0. The fourth-order valence-electron chi connectivity index (χ4n) is 0.826. The average Bonchev–Trinajstić information content (AvgIpc) is 2.04. The zero-order valence-corrected chi connectivity index (χ0v) is 7.16. The zero-order chi connectivity index (χ0) is 8.53. The summed E-state index contributed by atoms with van der Waals surface area (Å²) < 4.78 is 0. The number of hydrogen-bond donors (Lipinski definition) is 2. The predicted octanol–water partition coefficient (Wildman–Crippen LogP) is 1.48. The molecule has 0 bridgehead atoms. The van der Waals surface area contributed by atoms with E-state index in [9.17, 15) is 0 Å². The molecule has 1 unspecified atom stereocenters. The van der Waals surface area contributed by atoms with Crippen LogP contribution in [0.1, 0.15) is 32.6 Å². The van der Waals surface area contributed by atoms with Crippen LogP contribution in [-0.4, -0.2) is 22.9 Å². The van der Waals surface area contributed by atoms with Gasteiger partial charge in [0.15, 0.2) is 0 Å². The predicted molar refractivity (Wildman–Crippen MR) is 46.4 cm³/mol. The highest BCUT2D eigenvalue weighted by molar-refractivity contribution is 4.87. The molecule has 0 aromatic heterocycles. The lowest BCUT2D eigenvalue weighted by atomic mass is 10.2. The van der Waals surface area contributed by atoms with Gasteiger partial charge in [0.25, 0.3) is 0 Å². The second-order valence-electron chi connectivity index (χ2n) is 2.67. The van der Waals surface area contributed by atoms with Gasteiger partial charge in [0.2, 0.25) is 0 Å². The maximum Gasteiger partial charge on any atom is 0.0951 e. The van der Waals surface area contributed by atoms with E-state index in [4.69, 9.17) is 10.2 Å². The lowest BCUT2D eigenvalue weighted by Crippen LogP contribution is -2.06. The van der Waals surface area contributed by atoms with E-state index in [1.807, 2.05) is 6.08 Å². The minimum absolute atomic E-state index is 0.176. The molecular formula is C9H18O2. The van der Waals surface area contributed by atoms with Crippen LogP contribution >= 0.6 is 0 Å². The molecule has 2 heteroatoms. The monoisotopic (exact) mass is 158 g/mol. The van der Waals surface area contributed by atoms with E-state index in [0.717, 1.165) is 6.42 Å². The van der Waals surface area contributed by atoms with Gasteiger partial charge in [-0.15, -0.1) is 0 Å². The Labute approximate surface area is 68.6 Å². The molecule has 0 rings (SSSR count). The number of rotatable bonds is 6. The van der Waals surface area contributed by atoms with Gasteiger partial charge >= 0.3 is 0 Å². The highest BCUT2D eigenvalue weighted by Crippen LogP contribution is 1.99. The van der Waals surface area contributed by atoms with Crippen LogP contribution in [0.2, 0.25) is 0 Å². The third-order valence-corrected chi connectivity index (χ3v) is 1.52. The molecule has 0 aliphatic carbocycles. The first-order chi connectivity index (χ1) is 5.31. The third kappa shape index (κ3) is 7.56. The Balaban J connectivity index is 3.15. The van der Waals surface area contributed by atoms with E-state index in [2.05, 4.69) is 6.92 Å². The number of aliphatic hydroxyl groups is 2. The smallest absolute Gasteiger partial charge is 0.0951 e. The molecule has 2 N–H and O–H groups in total. The standard InChI is InChI=1S/C9H18O2/c1-2-3-4-5-6-7-9(11)8-10/h6-7,9-11H,2-5,8H2,1H3/b7-6+. The molecule has 0 heterocycles. The van der Waals surface area contributed by atoms with Gasteiger partial charge in [0.1, 0.15) is 0 Å². The van der Waals surface area contributed by atoms with Crippen molar-refractivity contribution in [1.29, 1.82) is 0 Å². The molecule has 0 aromatic carbocycles. The van der Waals surface area contributed by atoms with Gasteiger partial charge in [-0.25, -0.2) is 0 Å². The third-order valence-electron chi connectivity index (χ3n) is 1.52. The van der Waals surface area contributed by atoms with Crippen molar-refractivity contribution in [3.63, 3.8) is 0 Å². The molecule has 0 amide bonds. The van der Waals surface area contributed by atoms with Crippen molar-refractivity contribution in [3.05, 3.63) is 12.2 Å². The Morgan fingerprint density at radius 1 is 1.36 bits per heavy atom. The normalized spacial score (nSPS) is 14.1. The lowest BCUT2D eigenvalue weighted by Gasteiger charge is -1.97. The van der Waals surface area contributed by atoms with Crippen LogP contribution in [0, 0.1) is 0 Å². The first-order valence-electron chi connectivity index (χ1n) is 4.26. The van der Waals surface area contributed by atoms with Gasteiger partial charge in [-0.3, -0.25) is 0 Å². The summed E-state index contributed by atoms with van der Waals surface area (Å²) in [4.78, 5) is 0. The van der Waals surface area contributed by atoms with Gasteiger partial charge in [-0.05, 0) is 12.8 Å². The van der Waals surface area contributed by atoms with E-state index in [0.29, 0.717) is 0 Å². The highest BCUT2D eigenvalue weighted by Gasteiger charge is 1.91. The molecule has 0 aromatic rings. The molecule has 0 saturated heterocycles. The maximum absolute atomic E-state index is 8.88. The first-order valence-corrected chi connectivity index (χ1v) is 4.26. The fourth-order valence-corrected chi connectivity index (χ4v) is 0.826. The van der Waals surface area contributed by atoms with Crippen LogP contribution in [-0.2, 0) is 0 Å². The topological polar surface area (TPSA) is 40.5 Å². The largest absolute Gasteiger partial charge is 0.393 e. The van der Waals surface area contributed by atoms with Gasteiger partial charge in [0.05, 0.1) is 12.7 Å². The van der Waals surface area contributed by atoms with Crippen LogP contribution in [0.15, 0.2) is 12.2 Å². The molecule has 2 nitrogen and oxygen atoms in total. The molecule has 1 atom stereocenters. The molecule has 0 spiro atoms. The van der Waals surface area contributed by atoms with Crippen molar-refractivity contribution in [2.45, 2.75) is 38.7 Å². The summed E-state index contributed by atoms with van der Waals surface area (Å²) in [7, 11) is 0. The molecule has 0 saturated carbocycles. The number of unbranched alkanes of at least 4 members (excludes halogenated alkanes) is 3. The van der Waals surface area contributed by atoms with Gasteiger partial charge in [0, 0.05) is 0 Å². The van der Waals surface area contributed by atoms with Crippen molar-refractivity contribution in [2.75, 3.05) is 6.61 Å². The summed E-state index contributed by atoms with van der Waals surface area (Å²) in [5.74, 6) is 0. The van der Waals surface area contributed by atoms with Crippen molar-refractivity contribution in [1.82, 2.24) is 0 Å². The quantitative estimate of drug-likeness (QED) is 0.454. The summed E-state index contributed by atoms with van der Waals surface area (Å²) in [5.41, 5.74) is 0. The number of aliphatic hydroxyl groups excluding tert-OH is 2. The van der Waals surface area contributed by atoms with Crippen LogP contribution in [0.4, 0.5) is 0 Å². The second kappa shape index (κ2) is 7.76. The van der Waals surface area contributed by atoms with E-state index in [-0.39, 0.29) is 6.61 Å². The minimum Gasteiger partial charge on any atom is -0.393 e. The van der Waals surface area contributed by atoms with Crippen LogP contribution in [0.25, 0.3) is 0 Å². The molecule has 0 radical (unpaired) electrons. The summed E-state index contributed by atoms with van der Waals surface area (Å²) in [6, 6.07) is 0. The van der Waals surface area contributed by atoms with E-state index in [1.54, 1.807) is 6.08 Å². The van der Waals surface area contributed by atoms with Crippen molar-refractivity contribution >= 4 is 0 Å². The lowest BCUT2D eigenvalue weighted by molar-refractivity contribution is 0.131. The average molecular weight is 158 g/mol. The summed E-state index contributed by atoms with van der Waals surface area (Å²) in [6.45, 7) is 1.98. The van der Waals surface area contributed by atoms with Gasteiger partial charge in [-0.2, -0.15) is 0 Å². The maximum atomic E-state index is 8.88. The Morgan fingerprint density at radius 2 is 2.09 bits per heavy atom. The van der Waals surface area contributed by atoms with E-state index in [1.165, 1.54) is 19.3 Å². The van der Waals surface area contributed by atoms with Crippen molar-refractivity contribution in [2.24, 2.45) is 0 Å². The molecule has 0 fully saturated rings. The van der Waals surface area contributed by atoms with Crippen LogP contribution in [0.3, 0.4) is 0 Å². The van der Waals surface area contributed by atoms with Crippen LogP contribution in [0.5, 0.6) is 0 Å². The summed E-state index contributed by atoms with van der Waals surface area (Å²) in [6.07, 6.45) is 7.54. The van der Waals surface area contributed by atoms with Gasteiger partial charge in [-0.1, -0.05) is 31.9 Å².